The molecule has 1 heterocycles. The monoisotopic (exact) mass is 417 g/mol. The summed E-state index contributed by atoms with van der Waals surface area (Å²) in [6.07, 6.45) is 1.80. The maximum absolute atomic E-state index is 12.0. The minimum atomic E-state index is -0.617. The zero-order valence-corrected chi connectivity index (χ0v) is 17.5. The van der Waals surface area contributed by atoms with Crippen LogP contribution in [0.5, 0.6) is 11.5 Å². The number of rotatable bonds is 9. The van der Waals surface area contributed by atoms with Gasteiger partial charge in [-0.25, -0.2) is 0 Å². The first-order chi connectivity index (χ1) is 14.0. The van der Waals surface area contributed by atoms with E-state index in [9.17, 15) is 9.90 Å². The van der Waals surface area contributed by atoms with E-state index in [0.717, 1.165) is 31.7 Å². The second-order valence-corrected chi connectivity index (χ2v) is 7.75. The number of nitrogens with zero attached hydrogens (tertiary/aromatic N) is 1. The molecule has 2 aromatic rings. The van der Waals surface area contributed by atoms with Gasteiger partial charge in [0.1, 0.15) is 30.3 Å². The van der Waals surface area contributed by atoms with Crippen LogP contribution in [0.1, 0.15) is 36.5 Å². The first-order valence-corrected chi connectivity index (χ1v) is 10.5. The van der Waals surface area contributed by atoms with E-state index in [1.165, 1.54) is 0 Å². The molecule has 1 unspecified atom stereocenters. The van der Waals surface area contributed by atoms with Gasteiger partial charge in [-0.2, -0.15) is 0 Å². The number of halogens is 1. The van der Waals surface area contributed by atoms with Crippen molar-refractivity contribution in [3.05, 3.63) is 59.1 Å². The van der Waals surface area contributed by atoms with E-state index in [-0.39, 0.29) is 18.5 Å². The number of likely N-dealkylation sites (tertiary alicyclic amines) is 1. The number of aliphatic hydroxyl groups excluding tert-OH is 1. The van der Waals surface area contributed by atoms with Crippen LogP contribution in [0.2, 0.25) is 5.02 Å². The molecule has 6 heteroatoms. The van der Waals surface area contributed by atoms with Gasteiger partial charge in [0.2, 0.25) is 0 Å². The lowest BCUT2D eigenvalue weighted by molar-refractivity contribution is 0.0399. The number of aliphatic hydroxyl groups is 1. The van der Waals surface area contributed by atoms with Gasteiger partial charge in [0.15, 0.2) is 5.78 Å². The van der Waals surface area contributed by atoms with Crippen molar-refractivity contribution in [3.63, 3.8) is 0 Å². The normalized spacial score (nSPS) is 16.4. The summed E-state index contributed by atoms with van der Waals surface area (Å²) in [5, 5.41) is 11.1. The summed E-state index contributed by atoms with van der Waals surface area (Å²) in [5.41, 5.74) is 0.572. The molecule has 0 bridgehead atoms. The molecular weight excluding hydrogens is 390 g/mol. The minimum absolute atomic E-state index is 0.0397. The highest BCUT2D eigenvalue weighted by Crippen LogP contribution is 2.22. The summed E-state index contributed by atoms with van der Waals surface area (Å²) in [7, 11) is 0. The maximum Gasteiger partial charge on any atom is 0.166 e. The Bertz CT molecular complexity index is 788. The van der Waals surface area contributed by atoms with Crippen molar-refractivity contribution in [2.75, 3.05) is 26.2 Å². The summed E-state index contributed by atoms with van der Waals surface area (Å²) >= 11 is 5.91. The van der Waals surface area contributed by atoms with Gasteiger partial charge >= 0.3 is 0 Å². The SMILES string of the molecule is CCC(=O)c1ccccc1OCC(O)CN1CCC(Oc2ccc(Cl)cc2)CC1. The molecule has 3 rings (SSSR count). The van der Waals surface area contributed by atoms with E-state index in [1.54, 1.807) is 12.1 Å². The number of benzene rings is 2. The number of hydrogen-bond donors (Lipinski definition) is 1. The van der Waals surface area contributed by atoms with Gasteiger partial charge in [0, 0.05) is 31.1 Å². The van der Waals surface area contributed by atoms with Gasteiger partial charge in [-0.15, -0.1) is 0 Å². The van der Waals surface area contributed by atoms with Crippen LogP contribution in [0.25, 0.3) is 0 Å². The molecule has 0 aliphatic carbocycles. The van der Waals surface area contributed by atoms with Crippen LogP contribution >= 0.6 is 11.6 Å². The van der Waals surface area contributed by atoms with Crippen molar-refractivity contribution < 1.29 is 19.4 Å². The lowest BCUT2D eigenvalue weighted by Gasteiger charge is -2.33. The molecule has 0 radical (unpaired) electrons. The van der Waals surface area contributed by atoms with Crippen LogP contribution in [0.4, 0.5) is 0 Å². The van der Waals surface area contributed by atoms with Gasteiger partial charge in [-0.05, 0) is 49.2 Å². The molecule has 5 nitrogen and oxygen atoms in total. The Labute approximate surface area is 177 Å². The fourth-order valence-corrected chi connectivity index (χ4v) is 3.59. The number of piperidine rings is 1. The maximum atomic E-state index is 12.0. The highest BCUT2D eigenvalue weighted by molar-refractivity contribution is 6.30. The second-order valence-electron chi connectivity index (χ2n) is 7.31. The van der Waals surface area contributed by atoms with E-state index in [2.05, 4.69) is 4.90 Å². The third kappa shape index (κ3) is 6.46. The van der Waals surface area contributed by atoms with Crippen LogP contribution in [0.15, 0.2) is 48.5 Å². The fraction of sp³-hybridized carbons (Fsp3) is 0.435. The van der Waals surface area contributed by atoms with Crippen molar-refractivity contribution >= 4 is 17.4 Å². The summed E-state index contributed by atoms with van der Waals surface area (Å²) in [5.74, 6) is 1.41. The average molecular weight is 418 g/mol. The number of β-amino-alcohol motifs (C(OH)–C–C–N with tert-alkyl or cyclic N) is 1. The number of ketones is 1. The van der Waals surface area contributed by atoms with E-state index in [1.807, 2.05) is 43.3 Å². The molecule has 0 aromatic heterocycles. The highest BCUT2D eigenvalue weighted by Gasteiger charge is 2.22. The Morgan fingerprint density at radius 3 is 2.55 bits per heavy atom. The predicted octanol–water partition coefficient (Wildman–Crippen LogP) is 4.22. The topological polar surface area (TPSA) is 59.0 Å². The van der Waals surface area contributed by atoms with Crippen LogP contribution in [0, 0.1) is 0 Å². The molecule has 1 N–H and O–H groups in total. The molecule has 0 amide bonds. The summed E-state index contributed by atoms with van der Waals surface area (Å²) in [4.78, 5) is 14.2. The van der Waals surface area contributed by atoms with E-state index in [0.29, 0.717) is 29.3 Å². The molecule has 0 spiro atoms. The summed E-state index contributed by atoms with van der Waals surface area (Å²) < 4.78 is 11.8. The number of hydrogen-bond acceptors (Lipinski definition) is 5. The van der Waals surface area contributed by atoms with Crippen molar-refractivity contribution in [2.45, 2.75) is 38.4 Å². The summed E-state index contributed by atoms with van der Waals surface area (Å²) in [6.45, 7) is 4.25. The molecule has 1 fully saturated rings. The van der Waals surface area contributed by atoms with Gasteiger partial charge in [0.25, 0.3) is 0 Å². The Kier molecular flexibility index (Phi) is 7.92. The van der Waals surface area contributed by atoms with Gasteiger partial charge in [0.05, 0.1) is 5.56 Å². The highest BCUT2D eigenvalue weighted by atomic mass is 35.5. The van der Waals surface area contributed by atoms with Crippen LogP contribution in [-0.2, 0) is 0 Å². The molecule has 156 valence electrons. The predicted molar refractivity (Wildman–Crippen MR) is 114 cm³/mol. The van der Waals surface area contributed by atoms with E-state index >= 15 is 0 Å². The zero-order valence-electron chi connectivity index (χ0n) is 16.7. The third-order valence-corrected chi connectivity index (χ3v) is 5.31. The zero-order chi connectivity index (χ0) is 20.6. The number of para-hydroxylation sites is 1. The lowest BCUT2D eigenvalue weighted by atomic mass is 10.1. The van der Waals surface area contributed by atoms with Crippen LogP contribution in [-0.4, -0.2) is 54.2 Å². The lowest BCUT2D eigenvalue weighted by Crippen LogP contribution is -2.43. The van der Waals surface area contributed by atoms with E-state index in [4.69, 9.17) is 21.1 Å². The molecular formula is C23H28ClNO4. The molecule has 1 aliphatic rings. The van der Waals surface area contributed by atoms with Crippen molar-refractivity contribution in [3.8, 4) is 11.5 Å². The molecule has 29 heavy (non-hydrogen) atoms. The number of carbonyl (C=O) groups excluding carboxylic acids is 1. The molecule has 1 saturated heterocycles. The number of carbonyl (C=O) groups is 1. The fourth-order valence-electron chi connectivity index (χ4n) is 3.47. The van der Waals surface area contributed by atoms with Crippen LogP contribution in [0.3, 0.4) is 0 Å². The quantitative estimate of drug-likeness (QED) is 0.619. The minimum Gasteiger partial charge on any atom is -0.490 e. The number of Topliss-reactive ketones (excluding diaryl/α,β-unsaturated/α-hetero) is 1. The Morgan fingerprint density at radius 2 is 1.86 bits per heavy atom. The molecule has 1 atom stereocenters. The smallest absolute Gasteiger partial charge is 0.166 e. The van der Waals surface area contributed by atoms with Crippen molar-refractivity contribution in [1.29, 1.82) is 0 Å². The van der Waals surface area contributed by atoms with Gasteiger partial charge in [-0.3, -0.25) is 4.79 Å². The summed E-state index contributed by atoms with van der Waals surface area (Å²) in [6, 6.07) is 14.6. The average Bonchev–Trinajstić information content (AvgIpc) is 2.75. The van der Waals surface area contributed by atoms with E-state index < -0.39 is 6.10 Å². The van der Waals surface area contributed by atoms with Crippen LogP contribution < -0.4 is 9.47 Å². The molecule has 0 saturated carbocycles. The molecule has 1 aliphatic heterocycles. The molecule has 2 aromatic carbocycles. The van der Waals surface area contributed by atoms with Crippen molar-refractivity contribution in [1.82, 2.24) is 4.90 Å². The standard InChI is InChI=1S/C23H28ClNO4/c1-2-22(27)21-5-3-4-6-23(21)28-16-18(26)15-25-13-11-20(12-14-25)29-19-9-7-17(24)8-10-19/h3-10,18,20,26H,2,11-16H2,1H3. The Morgan fingerprint density at radius 1 is 1.17 bits per heavy atom. The third-order valence-electron chi connectivity index (χ3n) is 5.06. The first-order valence-electron chi connectivity index (χ1n) is 10.1. The van der Waals surface area contributed by atoms with Gasteiger partial charge < -0.3 is 19.5 Å². The largest absolute Gasteiger partial charge is 0.490 e. The van der Waals surface area contributed by atoms with Gasteiger partial charge in [-0.1, -0.05) is 30.7 Å². The Balaban J connectivity index is 1.41. The second kappa shape index (κ2) is 10.6. The van der Waals surface area contributed by atoms with Crippen molar-refractivity contribution in [2.24, 2.45) is 0 Å². The number of ether oxygens (including phenoxy) is 2. The first kappa shape index (κ1) is 21.6. The Hall–Kier alpha value is -2.08.